The van der Waals surface area contributed by atoms with Crippen LogP contribution in [-0.4, -0.2) is 13.2 Å². The van der Waals surface area contributed by atoms with Crippen molar-refractivity contribution < 1.29 is 22.9 Å². The molecule has 0 aliphatic heterocycles. The van der Waals surface area contributed by atoms with Gasteiger partial charge in [-0.3, -0.25) is 13.6 Å². The zero-order chi connectivity index (χ0) is 17.3. The molecule has 0 aliphatic carbocycles. The third-order valence-corrected chi connectivity index (χ3v) is 4.70. The normalized spacial score (nSPS) is 11.4. The molecule has 0 N–H and O–H groups in total. The van der Waals surface area contributed by atoms with E-state index in [0.29, 0.717) is 6.61 Å². The zero-order valence-electron chi connectivity index (χ0n) is 14.0. The number of benzene rings is 2. The van der Waals surface area contributed by atoms with Crippen LogP contribution in [0.15, 0.2) is 54.6 Å². The van der Waals surface area contributed by atoms with Crippen molar-refractivity contribution in [2.45, 2.75) is 27.1 Å². The van der Waals surface area contributed by atoms with Gasteiger partial charge in [-0.25, -0.2) is 4.57 Å². The van der Waals surface area contributed by atoms with Gasteiger partial charge in [0.05, 0.1) is 19.8 Å². The van der Waals surface area contributed by atoms with Crippen molar-refractivity contribution in [1.29, 1.82) is 0 Å². The lowest BCUT2D eigenvalue weighted by Gasteiger charge is -2.16. The molecule has 0 radical (unpaired) electrons. The average molecular weight is 350 g/mol. The second-order valence-corrected chi connectivity index (χ2v) is 6.65. The highest BCUT2D eigenvalue weighted by Crippen LogP contribution is 2.49. The Morgan fingerprint density at radius 2 is 1.46 bits per heavy atom. The Hall–Kier alpha value is -1.65. The minimum Gasteiger partial charge on any atom is -0.489 e. The standard InChI is InChI=1S/C18H23O5P/c1-3-21-24(19,22-4-2)23-15-17-11-8-12-18(13-17)20-14-16-9-6-5-7-10-16/h5-13H,3-4,14-15H2,1-2H3. The molecule has 0 fully saturated rings. The van der Waals surface area contributed by atoms with E-state index in [1.807, 2.05) is 54.6 Å². The Balaban J connectivity index is 1.93. The van der Waals surface area contributed by atoms with E-state index in [2.05, 4.69) is 0 Å². The van der Waals surface area contributed by atoms with Gasteiger partial charge in [0.15, 0.2) is 0 Å². The van der Waals surface area contributed by atoms with E-state index >= 15 is 0 Å². The predicted molar refractivity (Wildman–Crippen MR) is 92.9 cm³/mol. The summed E-state index contributed by atoms with van der Waals surface area (Å²) in [7, 11) is -3.50. The van der Waals surface area contributed by atoms with Crippen LogP contribution in [-0.2, 0) is 31.4 Å². The third-order valence-electron chi connectivity index (χ3n) is 3.11. The fraction of sp³-hybridized carbons (Fsp3) is 0.333. The Morgan fingerprint density at radius 3 is 2.12 bits per heavy atom. The van der Waals surface area contributed by atoms with Crippen LogP contribution in [0.2, 0.25) is 0 Å². The lowest BCUT2D eigenvalue weighted by molar-refractivity contribution is 0.116. The summed E-state index contributed by atoms with van der Waals surface area (Å²) in [5.74, 6) is 0.725. The molecular formula is C18H23O5P. The van der Waals surface area contributed by atoms with Gasteiger partial charge >= 0.3 is 7.82 Å². The van der Waals surface area contributed by atoms with Gasteiger partial charge in [-0.1, -0.05) is 42.5 Å². The molecule has 130 valence electrons. The summed E-state index contributed by atoms with van der Waals surface area (Å²) in [6.45, 7) is 4.62. The van der Waals surface area contributed by atoms with Crippen molar-refractivity contribution in [2.75, 3.05) is 13.2 Å². The van der Waals surface area contributed by atoms with Crippen LogP contribution in [0.1, 0.15) is 25.0 Å². The molecule has 0 aliphatic rings. The van der Waals surface area contributed by atoms with Crippen molar-refractivity contribution in [2.24, 2.45) is 0 Å². The van der Waals surface area contributed by atoms with Crippen LogP contribution in [0.5, 0.6) is 5.75 Å². The first kappa shape index (κ1) is 18.7. The first-order valence-corrected chi connectivity index (χ1v) is 9.40. The summed E-state index contributed by atoms with van der Waals surface area (Å²) in [5, 5.41) is 0. The quantitative estimate of drug-likeness (QED) is 0.567. The molecule has 0 unspecified atom stereocenters. The molecular weight excluding hydrogens is 327 g/mol. The van der Waals surface area contributed by atoms with Gasteiger partial charge in [0.2, 0.25) is 0 Å². The predicted octanol–water partition coefficient (Wildman–Crippen LogP) is 4.96. The summed E-state index contributed by atoms with van der Waals surface area (Å²) in [6, 6.07) is 17.4. The highest BCUT2D eigenvalue weighted by molar-refractivity contribution is 7.48. The van der Waals surface area contributed by atoms with Gasteiger partial charge in [-0.05, 0) is 37.1 Å². The van der Waals surface area contributed by atoms with Crippen molar-refractivity contribution in [1.82, 2.24) is 0 Å². The van der Waals surface area contributed by atoms with Crippen LogP contribution in [0, 0.1) is 0 Å². The zero-order valence-corrected chi connectivity index (χ0v) is 14.9. The Bertz CT molecular complexity index is 649. The van der Waals surface area contributed by atoms with Crippen LogP contribution >= 0.6 is 7.82 Å². The molecule has 0 amide bonds. The van der Waals surface area contributed by atoms with E-state index < -0.39 is 7.82 Å². The maximum Gasteiger partial charge on any atom is 0.475 e. The van der Waals surface area contributed by atoms with Gasteiger partial charge in [0.1, 0.15) is 12.4 Å². The maximum atomic E-state index is 12.3. The molecule has 2 aromatic rings. The molecule has 24 heavy (non-hydrogen) atoms. The third kappa shape index (κ3) is 6.10. The van der Waals surface area contributed by atoms with Gasteiger partial charge < -0.3 is 4.74 Å². The minimum atomic E-state index is -3.50. The monoisotopic (exact) mass is 350 g/mol. The van der Waals surface area contributed by atoms with Crippen LogP contribution in [0.4, 0.5) is 0 Å². The number of phosphoric ester groups is 1. The van der Waals surface area contributed by atoms with E-state index in [9.17, 15) is 4.57 Å². The number of hydrogen-bond acceptors (Lipinski definition) is 5. The van der Waals surface area contributed by atoms with E-state index in [1.165, 1.54) is 0 Å². The smallest absolute Gasteiger partial charge is 0.475 e. The molecule has 0 aromatic heterocycles. The highest BCUT2D eigenvalue weighted by atomic mass is 31.2. The van der Waals surface area contributed by atoms with Crippen LogP contribution in [0.3, 0.4) is 0 Å². The minimum absolute atomic E-state index is 0.125. The fourth-order valence-electron chi connectivity index (χ4n) is 2.05. The maximum absolute atomic E-state index is 12.3. The molecule has 0 bridgehead atoms. The summed E-state index contributed by atoms with van der Waals surface area (Å²) in [4.78, 5) is 0. The molecule has 6 heteroatoms. The molecule has 0 heterocycles. The summed E-state index contributed by atoms with van der Waals surface area (Å²) in [6.07, 6.45) is 0. The molecule has 5 nitrogen and oxygen atoms in total. The largest absolute Gasteiger partial charge is 0.489 e. The molecule has 2 aromatic carbocycles. The first-order chi connectivity index (χ1) is 11.6. The second-order valence-electron chi connectivity index (χ2n) is 4.98. The van der Waals surface area contributed by atoms with E-state index in [4.69, 9.17) is 18.3 Å². The van der Waals surface area contributed by atoms with Crippen molar-refractivity contribution >= 4 is 7.82 Å². The van der Waals surface area contributed by atoms with E-state index in [0.717, 1.165) is 16.9 Å². The number of hydrogen-bond donors (Lipinski definition) is 0. The van der Waals surface area contributed by atoms with E-state index in [1.54, 1.807) is 13.8 Å². The molecule has 0 atom stereocenters. The molecule has 0 spiro atoms. The fourth-order valence-corrected chi connectivity index (χ4v) is 3.21. The topological polar surface area (TPSA) is 54.0 Å². The van der Waals surface area contributed by atoms with Crippen molar-refractivity contribution in [3.05, 3.63) is 65.7 Å². The van der Waals surface area contributed by atoms with Crippen LogP contribution < -0.4 is 4.74 Å². The summed E-state index contributed by atoms with van der Waals surface area (Å²) >= 11 is 0. The lowest BCUT2D eigenvalue weighted by atomic mass is 10.2. The van der Waals surface area contributed by atoms with E-state index in [-0.39, 0.29) is 19.8 Å². The Morgan fingerprint density at radius 1 is 0.792 bits per heavy atom. The first-order valence-electron chi connectivity index (χ1n) is 7.94. The van der Waals surface area contributed by atoms with Crippen molar-refractivity contribution in [3.8, 4) is 5.75 Å². The number of phosphoric acid groups is 1. The average Bonchev–Trinajstić information content (AvgIpc) is 2.60. The second kappa shape index (κ2) is 9.60. The summed E-state index contributed by atoms with van der Waals surface area (Å²) < 4.78 is 33.6. The molecule has 2 rings (SSSR count). The van der Waals surface area contributed by atoms with Crippen LogP contribution in [0.25, 0.3) is 0 Å². The Labute approximate surface area is 143 Å². The number of ether oxygens (including phenoxy) is 1. The van der Waals surface area contributed by atoms with Gasteiger partial charge in [-0.2, -0.15) is 0 Å². The molecule has 0 saturated carbocycles. The Kier molecular flexibility index (Phi) is 7.47. The van der Waals surface area contributed by atoms with Gasteiger partial charge in [-0.15, -0.1) is 0 Å². The number of rotatable bonds is 10. The SMILES string of the molecule is CCOP(=O)(OCC)OCc1cccc(OCc2ccccc2)c1. The van der Waals surface area contributed by atoms with Gasteiger partial charge in [0.25, 0.3) is 0 Å². The lowest BCUT2D eigenvalue weighted by Crippen LogP contribution is -2.01. The highest BCUT2D eigenvalue weighted by Gasteiger charge is 2.25. The molecule has 0 saturated heterocycles. The van der Waals surface area contributed by atoms with Crippen molar-refractivity contribution in [3.63, 3.8) is 0 Å². The van der Waals surface area contributed by atoms with Gasteiger partial charge in [0, 0.05) is 0 Å². The summed E-state index contributed by atoms with van der Waals surface area (Å²) in [5.41, 5.74) is 1.93.